The number of hydrogen-bond acceptors (Lipinski definition) is 4. The highest BCUT2D eigenvalue weighted by Crippen LogP contribution is 2.32. The minimum atomic E-state index is -0.461. The summed E-state index contributed by atoms with van der Waals surface area (Å²) < 4.78 is 0. The average Bonchev–Trinajstić information content (AvgIpc) is 2.18. The van der Waals surface area contributed by atoms with E-state index in [0.717, 1.165) is 5.56 Å². The number of carbonyl (C=O) groups is 1. The van der Waals surface area contributed by atoms with Crippen molar-refractivity contribution < 1.29 is 9.72 Å². The molecule has 0 atom stereocenters. The van der Waals surface area contributed by atoms with Crippen molar-refractivity contribution in [2.24, 2.45) is 0 Å². The Kier molecular flexibility index (Phi) is 2.15. The molecule has 0 fully saturated rings. The Morgan fingerprint density at radius 1 is 1.47 bits per heavy atom. The molecule has 1 N–H and O–H groups in total. The maximum atomic E-state index is 11.5. The van der Waals surface area contributed by atoms with Gasteiger partial charge >= 0.3 is 0 Å². The molecule has 78 valence electrons. The Hall–Kier alpha value is -1.91. The normalized spacial score (nSPS) is 14.3. The van der Waals surface area contributed by atoms with E-state index in [9.17, 15) is 14.9 Å². The second-order valence-electron chi connectivity index (χ2n) is 3.56. The first-order valence-electron chi connectivity index (χ1n) is 4.65. The number of nitro benzene ring substituents is 1. The maximum Gasteiger partial charge on any atom is 0.293 e. The Labute approximate surface area is 86.2 Å². The fraction of sp³-hybridized carbons (Fsp3) is 0.300. The highest BCUT2D eigenvalue weighted by Gasteiger charge is 2.25. The first kappa shape index (κ1) is 9.64. The lowest BCUT2D eigenvalue weighted by atomic mass is 9.98. The molecule has 5 heteroatoms. The van der Waals surface area contributed by atoms with E-state index >= 15 is 0 Å². The van der Waals surface area contributed by atoms with Gasteiger partial charge in [0.1, 0.15) is 5.69 Å². The zero-order valence-electron chi connectivity index (χ0n) is 8.24. The molecule has 1 aromatic carbocycles. The zero-order valence-corrected chi connectivity index (χ0v) is 8.24. The number of nitrogens with one attached hydrogen (secondary N) is 1. The number of anilines is 1. The van der Waals surface area contributed by atoms with E-state index in [2.05, 4.69) is 5.32 Å². The van der Waals surface area contributed by atoms with Crippen molar-refractivity contribution in [1.82, 2.24) is 0 Å². The molecule has 5 nitrogen and oxygen atoms in total. The molecule has 0 spiro atoms. The van der Waals surface area contributed by atoms with Crippen molar-refractivity contribution in [3.8, 4) is 0 Å². The molecule has 0 aromatic heterocycles. The largest absolute Gasteiger partial charge is 0.378 e. The number of carbonyl (C=O) groups excluding carboxylic acids is 1. The van der Waals surface area contributed by atoms with Crippen molar-refractivity contribution in [1.29, 1.82) is 0 Å². The van der Waals surface area contributed by atoms with Crippen LogP contribution in [0.25, 0.3) is 0 Å². The number of fused-ring (bicyclic) bond motifs is 1. The van der Waals surface area contributed by atoms with E-state index in [0.29, 0.717) is 24.2 Å². The van der Waals surface area contributed by atoms with Gasteiger partial charge in [-0.3, -0.25) is 14.9 Å². The van der Waals surface area contributed by atoms with Crippen LogP contribution in [0.2, 0.25) is 0 Å². The molecule has 1 aromatic rings. The molecular formula is C10H10N2O3. The Balaban J connectivity index is 2.67. The van der Waals surface area contributed by atoms with Crippen LogP contribution >= 0.6 is 0 Å². The van der Waals surface area contributed by atoms with E-state index in [1.54, 1.807) is 13.0 Å². The molecular weight excluding hydrogens is 196 g/mol. The number of ketones is 1. The molecule has 15 heavy (non-hydrogen) atoms. The molecule has 0 amide bonds. The summed E-state index contributed by atoms with van der Waals surface area (Å²) in [6.45, 7) is 2.21. The fourth-order valence-electron chi connectivity index (χ4n) is 1.75. The van der Waals surface area contributed by atoms with Crippen LogP contribution in [0.5, 0.6) is 0 Å². The van der Waals surface area contributed by atoms with Crippen LogP contribution in [0, 0.1) is 17.0 Å². The minimum Gasteiger partial charge on any atom is -0.378 e. The van der Waals surface area contributed by atoms with Gasteiger partial charge in [0.05, 0.1) is 4.92 Å². The molecule has 0 unspecified atom stereocenters. The monoisotopic (exact) mass is 206 g/mol. The molecule has 0 radical (unpaired) electrons. The number of nitrogens with zero attached hydrogens (tertiary/aromatic N) is 1. The third kappa shape index (κ3) is 1.56. The molecule has 1 aliphatic heterocycles. The predicted octanol–water partition coefficient (Wildman–Crippen LogP) is 1.90. The van der Waals surface area contributed by atoms with Crippen molar-refractivity contribution in [3.05, 3.63) is 33.4 Å². The molecule has 0 aliphatic carbocycles. The Morgan fingerprint density at radius 3 is 2.87 bits per heavy atom. The number of Topliss-reactive ketones (excluding diaryl/α,β-unsaturated/α-hetero) is 1. The van der Waals surface area contributed by atoms with E-state index in [1.807, 2.05) is 0 Å². The van der Waals surface area contributed by atoms with E-state index in [4.69, 9.17) is 0 Å². The van der Waals surface area contributed by atoms with E-state index in [-0.39, 0.29) is 11.5 Å². The Morgan fingerprint density at radius 2 is 2.20 bits per heavy atom. The summed E-state index contributed by atoms with van der Waals surface area (Å²) in [6, 6.07) is 3.17. The van der Waals surface area contributed by atoms with Crippen LogP contribution in [0.3, 0.4) is 0 Å². The third-order valence-electron chi connectivity index (χ3n) is 2.41. The van der Waals surface area contributed by atoms with Gasteiger partial charge < -0.3 is 5.32 Å². The second kappa shape index (κ2) is 3.34. The van der Waals surface area contributed by atoms with E-state index in [1.165, 1.54) is 6.07 Å². The van der Waals surface area contributed by atoms with Gasteiger partial charge in [0, 0.05) is 24.6 Å². The second-order valence-corrected chi connectivity index (χ2v) is 3.56. The molecule has 0 saturated heterocycles. The van der Waals surface area contributed by atoms with Crippen LogP contribution in [-0.2, 0) is 0 Å². The van der Waals surface area contributed by atoms with Crippen LogP contribution in [-0.4, -0.2) is 17.3 Å². The van der Waals surface area contributed by atoms with Gasteiger partial charge in [0.25, 0.3) is 5.69 Å². The lowest BCUT2D eigenvalue weighted by molar-refractivity contribution is -0.384. The van der Waals surface area contributed by atoms with Gasteiger partial charge in [-0.05, 0) is 18.6 Å². The van der Waals surface area contributed by atoms with Crippen molar-refractivity contribution >= 4 is 17.2 Å². The first-order valence-corrected chi connectivity index (χ1v) is 4.65. The van der Waals surface area contributed by atoms with Gasteiger partial charge in [-0.2, -0.15) is 0 Å². The number of aryl methyl sites for hydroxylation is 1. The van der Waals surface area contributed by atoms with E-state index < -0.39 is 4.92 Å². The van der Waals surface area contributed by atoms with Gasteiger partial charge in [-0.25, -0.2) is 0 Å². The lowest BCUT2D eigenvalue weighted by Gasteiger charge is -2.17. The SMILES string of the molecule is Cc1cc2c(c([N+](=O)[O-])c1)NCCC2=O. The quantitative estimate of drug-likeness (QED) is 0.562. The number of benzene rings is 1. The van der Waals surface area contributed by atoms with Crippen molar-refractivity contribution in [2.45, 2.75) is 13.3 Å². The van der Waals surface area contributed by atoms with Gasteiger partial charge in [0.15, 0.2) is 5.78 Å². The minimum absolute atomic E-state index is 0.0157. The fourth-order valence-corrected chi connectivity index (χ4v) is 1.75. The summed E-state index contributed by atoms with van der Waals surface area (Å²) in [5, 5.41) is 13.7. The highest BCUT2D eigenvalue weighted by molar-refractivity contribution is 6.05. The molecule has 0 saturated carbocycles. The van der Waals surface area contributed by atoms with Crippen LogP contribution in [0.1, 0.15) is 22.3 Å². The average molecular weight is 206 g/mol. The van der Waals surface area contributed by atoms with Crippen LogP contribution in [0.15, 0.2) is 12.1 Å². The zero-order chi connectivity index (χ0) is 11.0. The van der Waals surface area contributed by atoms with Crippen molar-refractivity contribution in [2.75, 3.05) is 11.9 Å². The Bertz CT molecular complexity index is 437. The molecule has 0 bridgehead atoms. The summed E-state index contributed by atoms with van der Waals surface area (Å²) in [5.41, 5.74) is 1.52. The summed E-state index contributed by atoms with van der Waals surface area (Å²) >= 11 is 0. The topological polar surface area (TPSA) is 72.2 Å². The van der Waals surface area contributed by atoms with Crippen molar-refractivity contribution in [3.63, 3.8) is 0 Å². The summed E-state index contributed by atoms with van der Waals surface area (Å²) in [5.74, 6) is -0.0319. The predicted molar refractivity (Wildman–Crippen MR) is 55.3 cm³/mol. The van der Waals surface area contributed by atoms with Gasteiger partial charge in [-0.1, -0.05) is 0 Å². The van der Waals surface area contributed by atoms with Crippen LogP contribution in [0.4, 0.5) is 11.4 Å². The van der Waals surface area contributed by atoms with Gasteiger partial charge in [-0.15, -0.1) is 0 Å². The summed E-state index contributed by atoms with van der Waals surface area (Å²) in [6.07, 6.45) is 0.396. The number of nitro groups is 1. The van der Waals surface area contributed by atoms with Gasteiger partial charge in [0.2, 0.25) is 0 Å². The molecule has 1 heterocycles. The highest BCUT2D eigenvalue weighted by atomic mass is 16.6. The van der Waals surface area contributed by atoms with Crippen LogP contribution < -0.4 is 5.32 Å². The molecule has 2 rings (SSSR count). The first-order chi connectivity index (χ1) is 7.09. The number of hydrogen-bond donors (Lipinski definition) is 1. The molecule has 1 aliphatic rings. The number of rotatable bonds is 1. The summed E-state index contributed by atoms with van der Waals surface area (Å²) in [7, 11) is 0. The third-order valence-corrected chi connectivity index (χ3v) is 2.41. The lowest BCUT2D eigenvalue weighted by Crippen LogP contribution is -2.19. The standard InChI is InChI=1S/C10H10N2O3/c1-6-4-7-9(13)2-3-11-10(7)8(5-6)12(14)15/h4-5,11H,2-3H2,1H3. The maximum absolute atomic E-state index is 11.5. The summed E-state index contributed by atoms with van der Waals surface area (Å²) in [4.78, 5) is 21.9. The smallest absolute Gasteiger partial charge is 0.293 e.